The number of amides is 1. The van der Waals surface area contributed by atoms with Crippen LogP contribution in [0.3, 0.4) is 0 Å². The molecule has 1 aliphatic heterocycles. The van der Waals surface area contributed by atoms with Crippen molar-refractivity contribution in [1.29, 1.82) is 0 Å². The minimum atomic E-state index is -0.124. The van der Waals surface area contributed by atoms with E-state index < -0.39 is 0 Å². The number of para-hydroxylation sites is 2. The third-order valence-corrected chi connectivity index (χ3v) is 4.00. The molecule has 2 aromatic carbocycles. The molecule has 4 nitrogen and oxygen atoms in total. The monoisotopic (exact) mass is 295 g/mol. The number of rotatable bonds is 4. The quantitative estimate of drug-likeness (QED) is 0.852. The highest BCUT2D eigenvalue weighted by atomic mass is 16.1. The van der Waals surface area contributed by atoms with E-state index in [0.717, 1.165) is 19.6 Å². The Kier molecular flexibility index (Phi) is 4.39. The molecule has 114 valence electrons. The number of hydrogen-bond donors (Lipinski definition) is 2. The fourth-order valence-electron chi connectivity index (χ4n) is 2.82. The summed E-state index contributed by atoms with van der Waals surface area (Å²) in [5, 5.41) is 2.87. The summed E-state index contributed by atoms with van der Waals surface area (Å²) in [5.41, 5.74) is 8.93. The summed E-state index contributed by atoms with van der Waals surface area (Å²) in [6.07, 6.45) is 2.54. The van der Waals surface area contributed by atoms with Crippen molar-refractivity contribution in [3.8, 4) is 0 Å². The average molecular weight is 295 g/mol. The lowest BCUT2D eigenvalue weighted by atomic mass is 10.1. The number of carbonyl (C=O) groups excluding carboxylic acids is 1. The Morgan fingerprint density at radius 1 is 1.09 bits per heavy atom. The van der Waals surface area contributed by atoms with Gasteiger partial charge in [-0.05, 0) is 55.8 Å². The lowest BCUT2D eigenvalue weighted by Crippen LogP contribution is -2.19. The maximum atomic E-state index is 12.4. The molecule has 0 aliphatic carbocycles. The van der Waals surface area contributed by atoms with Crippen LogP contribution in [0.25, 0.3) is 0 Å². The van der Waals surface area contributed by atoms with E-state index in [2.05, 4.69) is 16.3 Å². The molecule has 1 fully saturated rings. The molecule has 0 bridgehead atoms. The highest BCUT2D eigenvalue weighted by Gasteiger charge is 2.13. The predicted molar refractivity (Wildman–Crippen MR) is 89.8 cm³/mol. The molecule has 0 atom stereocenters. The van der Waals surface area contributed by atoms with Gasteiger partial charge in [-0.1, -0.05) is 24.3 Å². The molecular weight excluding hydrogens is 274 g/mol. The second kappa shape index (κ2) is 6.62. The highest BCUT2D eigenvalue weighted by Crippen LogP contribution is 2.19. The Labute approximate surface area is 130 Å². The Hall–Kier alpha value is -2.33. The minimum absolute atomic E-state index is 0.124. The van der Waals surface area contributed by atoms with Gasteiger partial charge < -0.3 is 11.1 Å². The molecule has 0 spiro atoms. The van der Waals surface area contributed by atoms with Crippen molar-refractivity contribution in [3.63, 3.8) is 0 Å². The van der Waals surface area contributed by atoms with E-state index in [-0.39, 0.29) is 5.91 Å². The second-order valence-electron chi connectivity index (χ2n) is 5.73. The first-order chi connectivity index (χ1) is 10.7. The molecular formula is C18H21N3O. The van der Waals surface area contributed by atoms with Gasteiger partial charge in [0.15, 0.2) is 0 Å². The number of nitrogens with two attached hydrogens (primary N) is 1. The third-order valence-electron chi connectivity index (χ3n) is 4.00. The number of hydrogen-bond acceptors (Lipinski definition) is 3. The minimum Gasteiger partial charge on any atom is -0.397 e. The van der Waals surface area contributed by atoms with Crippen LogP contribution in [0.4, 0.5) is 11.4 Å². The van der Waals surface area contributed by atoms with Crippen LogP contribution in [0.2, 0.25) is 0 Å². The van der Waals surface area contributed by atoms with Crippen molar-refractivity contribution in [2.45, 2.75) is 19.4 Å². The maximum absolute atomic E-state index is 12.4. The van der Waals surface area contributed by atoms with E-state index in [0.29, 0.717) is 16.9 Å². The number of benzene rings is 2. The van der Waals surface area contributed by atoms with Gasteiger partial charge in [0.25, 0.3) is 5.91 Å². The topological polar surface area (TPSA) is 58.4 Å². The molecule has 0 radical (unpaired) electrons. The van der Waals surface area contributed by atoms with Crippen LogP contribution >= 0.6 is 0 Å². The molecule has 0 unspecified atom stereocenters. The van der Waals surface area contributed by atoms with Crippen LogP contribution in [0.15, 0.2) is 48.5 Å². The lowest BCUT2D eigenvalue weighted by molar-refractivity contribution is 0.102. The van der Waals surface area contributed by atoms with Gasteiger partial charge in [-0.2, -0.15) is 0 Å². The van der Waals surface area contributed by atoms with Gasteiger partial charge in [-0.25, -0.2) is 0 Å². The van der Waals surface area contributed by atoms with Gasteiger partial charge in [0.1, 0.15) is 0 Å². The van der Waals surface area contributed by atoms with E-state index >= 15 is 0 Å². The fourth-order valence-corrected chi connectivity index (χ4v) is 2.82. The third kappa shape index (κ3) is 3.46. The summed E-state index contributed by atoms with van der Waals surface area (Å²) >= 11 is 0. The number of nitrogens with zero attached hydrogens (tertiary/aromatic N) is 1. The smallest absolute Gasteiger partial charge is 0.255 e. The normalized spacial score (nSPS) is 14.9. The highest BCUT2D eigenvalue weighted by molar-refractivity contribution is 6.05. The Morgan fingerprint density at radius 2 is 1.86 bits per heavy atom. The molecule has 1 amide bonds. The molecule has 3 rings (SSSR count). The number of likely N-dealkylation sites (tertiary alicyclic amines) is 1. The summed E-state index contributed by atoms with van der Waals surface area (Å²) in [6.45, 7) is 3.21. The van der Waals surface area contributed by atoms with Gasteiger partial charge in [-0.15, -0.1) is 0 Å². The van der Waals surface area contributed by atoms with Gasteiger partial charge in [0, 0.05) is 12.1 Å². The lowest BCUT2D eigenvalue weighted by Gasteiger charge is -2.15. The molecule has 2 aromatic rings. The van der Waals surface area contributed by atoms with Crippen LogP contribution in [0, 0.1) is 0 Å². The second-order valence-corrected chi connectivity index (χ2v) is 5.73. The van der Waals surface area contributed by atoms with Gasteiger partial charge in [-0.3, -0.25) is 9.69 Å². The first kappa shape index (κ1) is 14.6. The molecule has 0 saturated carbocycles. The Morgan fingerprint density at radius 3 is 2.64 bits per heavy atom. The standard InChI is InChI=1S/C18H21N3O/c19-16-8-1-2-9-17(16)20-18(22)15-7-5-6-14(12-15)13-21-10-3-4-11-21/h1-2,5-9,12H,3-4,10-11,13,19H2,(H,20,22). The Bertz CT molecular complexity index is 663. The fraction of sp³-hybridized carbons (Fsp3) is 0.278. The zero-order valence-electron chi connectivity index (χ0n) is 12.6. The average Bonchev–Trinajstić information content (AvgIpc) is 3.03. The van der Waals surface area contributed by atoms with Crippen molar-refractivity contribution >= 4 is 17.3 Å². The number of nitrogen functional groups attached to an aromatic ring is 1. The largest absolute Gasteiger partial charge is 0.397 e. The van der Waals surface area contributed by atoms with E-state index in [1.54, 1.807) is 12.1 Å². The molecule has 3 N–H and O–H groups in total. The molecule has 22 heavy (non-hydrogen) atoms. The number of anilines is 2. The molecule has 1 saturated heterocycles. The van der Waals surface area contributed by atoms with Crippen molar-refractivity contribution in [3.05, 3.63) is 59.7 Å². The van der Waals surface area contributed by atoms with Crippen molar-refractivity contribution in [1.82, 2.24) is 4.90 Å². The van der Waals surface area contributed by atoms with E-state index in [9.17, 15) is 4.79 Å². The first-order valence-electron chi connectivity index (χ1n) is 7.69. The van der Waals surface area contributed by atoms with Crippen LogP contribution in [0.5, 0.6) is 0 Å². The SMILES string of the molecule is Nc1ccccc1NC(=O)c1cccc(CN2CCCC2)c1. The van der Waals surface area contributed by atoms with Crippen LogP contribution in [0.1, 0.15) is 28.8 Å². The van der Waals surface area contributed by atoms with Crippen molar-refractivity contribution in [2.75, 3.05) is 24.1 Å². The zero-order valence-corrected chi connectivity index (χ0v) is 12.6. The Balaban J connectivity index is 1.71. The summed E-state index contributed by atoms with van der Waals surface area (Å²) in [7, 11) is 0. The van der Waals surface area contributed by atoms with Gasteiger partial charge in [0.2, 0.25) is 0 Å². The van der Waals surface area contributed by atoms with E-state index in [1.165, 1.54) is 18.4 Å². The summed E-state index contributed by atoms with van der Waals surface area (Å²) < 4.78 is 0. The summed E-state index contributed by atoms with van der Waals surface area (Å²) in [6, 6.07) is 15.1. The first-order valence-corrected chi connectivity index (χ1v) is 7.69. The van der Waals surface area contributed by atoms with E-state index in [4.69, 9.17) is 5.73 Å². The number of nitrogens with one attached hydrogen (secondary N) is 1. The van der Waals surface area contributed by atoms with Crippen LogP contribution in [-0.4, -0.2) is 23.9 Å². The molecule has 1 heterocycles. The van der Waals surface area contributed by atoms with Crippen molar-refractivity contribution in [2.24, 2.45) is 0 Å². The molecule has 1 aliphatic rings. The van der Waals surface area contributed by atoms with E-state index in [1.807, 2.05) is 30.3 Å². The van der Waals surface area contributed by atoms with Gasteiger partial charge in [0.05, 0.1) is 11.4 Å². The number of carbonyl (C=O) groups is 1. The summed E-state index contributed by atoms with van der Waals surface area (Å²) in [4.78, 5) is 14.8. The predicted octanol–water partition coefficient (Wildman–Crippen LogP) is 3.12. The van der Waals surface area contributed by atoms with Gasteiger partial charge >= 0.3 is 0 Å². The summed E-state index contributed by atoms with van der Waals surface area (Å²) in [5.74, 6) is -0.124. The molecule has 0 aromatic heterocycles. The van der Waals surface area contributed by atoms with Crippen LogP contribution in [-0.2, 0) is 6.54 Å². The van der Waals surface area contributed by atoms with Crippen LogP contribution < -0.4 is 11.1 Å². The zero-order chi connectivity index (χ0) is 15.4. The molecule has 4 heteroatoms. The van der Waals surface area contributed by atoms with Crippen molar-refractivity contribution < 1.29 is 4.79 Å². The maximum Gasteiger partial charge on any atom is 0.255 e.